The van der Waals surface area contributed by atoms with Gasteiger partial charge in [0.25, 0.3) is 5.91 Å². The molecule has 3 heterocycles. The molecule has 24 heavy (non-hydrogen) atoms. The quantitative estimate of drug-likeness (QED) is 0.770. The van der Waals surface area contributed by atoms with Gasteiger partial charge in [-0.2, -0.15) is 5.10 Å². The molecule has 0 bridgehead atoms. The molecule has 0 aliphatic carbocycles. The summed E-state index contributed by atoms with van der Waals surface area (Å²) in [5, 5.41) is 11.3. The Bertz CT molecular complexity index is 839. The number of carbonyl (C=O) groups excluding carboxylic acids is 1. The molecule has 8 heteroatoms. The van der Waals surface area contributed by atoms with Gasteiger partial charge in [0.15, 0.2) is 5.82 Å². The predicted molar refractivity (Wildman–Crippen MR) is 91.3 cm³/mol. The molecular formula is C16H18N6OS. The van der Waals surface area contributed by atoms with E-state index in [0.29, 0.717) is 17.9 Å². The Kier molecular flexibility index (Phi) is 4.66. The van der Waals surface area contributed by atoms with Crippen molar-refractivity contribution in [2.45, 2.75) is 33.2 Å². The molecule has 0 fully saturated rings. The molecule has 0 unspecified atom stereocenters. The number of nitrogens with zero attached hydrogens (tertiary/aromatic N) is 5. The minimum absolute atomic E-state index is 0.169. The topological polar surface area (TPSA) is 85.6 Å². The number of carbonyl (C=O) groups is 1. The maximum absolute atomic E-state index is 12.5. The normalized spacial score (nSPS) is 11.0. The molecule has 0 radical (unpaired) electrons. The summed E-state index contributed by atoms with van der Waals surface area (Å²) in [5.41, 5.74) is 2.21. The Morgan fingerprint density at radius 2 is 2.21 bits per heavy atom. The molecule has 0 saturated carbocycles. The third-order valence-corrected chi connectivity index (χ3v) is 4.40. The Labute approximate surface area is 143 Å². The monoisotopic (exact) mass is 342 g/mol. The van der Waals surface area contributed by atoms with Crippen molar-refractivity contribution in [3.63, 3.8) is 0 Å². The second-order valence-corrected chi connectivity index (χ2v) is 6.50. The van der Waals surface area contributed by atoms with E-state index >= 15 is 0 Å². The SMILES string of the molecule is Cc1c(C(=O)NCc2snnc2C(C)C)cnn1-c1ccccn1. The van der Waals surface area contributed by atoms with Gasteiger partial charge in [-0.05, 0) is 36.5 Å². The van der Waals surface area contributed by atoms with Crippen molar-refractivity contribution in [2.24, 2.45) is 0 Å². The van der Waals surface area contributed by atoms with Crippen molar-refractivity contribution in [1.82, 2.24) is 29.7 Å². The van der Waals surface area contributed by atoms with Crippen molar-refractivity contribution < 1.29 is 4.79 Å². The number of nitrogens with one attached hydrogen (secondary N) is 1. The maximum atomic E-state index is 12.5. The van der Waals surface area contributed by atoms with E-state index in [1.54, 1.807) is 17.1 Å². The zero-order chi connectivity index (χ0) is 17.1. The Hall–Kier alpha value is -2.61. The van der Waals surface area contributed by atoms with Crippen LogP contribution in [0.4, 0.5) is 0 Å². The molecule has 3 aromatic heterocycles. The molecule has 0 aliphatic heterocycles. The second kappa shape index (κ2) is 6.88. The minimum atomic E-state index is -0.169. The van der Waals surface area contributed by atoms with E-state index in [0.717, 1.165) is 16.3 Å². The van der Waals surface area contributed by atoms with Gasteiger partial charge in [-0.3, -0.25) is 4.79 Å². The fourth-order valence-electron chi connectivity index (χ4n) is 2.37. The lowest BCUT2D eigenvalue weighted by Crippen LogP contribution is -2.23. The van der Waals surface area contributed by atoms with Crippen LogP contribution in [-0.2, 0) is 6.54 Å². The van der Waals surface area contributed by atoms with Crippen molar-refractivity contribution in [2.75, 3.05) is 0 Å². The van der Waals surface area contributed by atoms with E-state index in [2.05, 4.69) is 38.8 Å². The Morgan fingerprint density at radius 1 is 1.38 bits per heavy atom. The maximum Gasteiger partial charge on any atom is 0.255 e. The van der Waals surface area contributed by atoms with Gasteiger partial charge in [-0.1, -0.05) is 24.4 Å². The van der Waals surface area contributed by atoms with Crippen molar-refractivity contribution >= 4 is 17.4 Å². The third-order valence-electron chi connectivity index (χ3n) is 3.66. The van der Waals surface area contributed by atoms with Crippen LogP contribution < -0.4 is 5.32 Å². The number of rotatable bonds is 5. The largest absolute Gasteiger partial charge is 0.347 e. The molecule has 0 saturated heterocycles. The van der Waals surface area contributed by atoms with E-state index in [4.69, 9.17) is 0 Å². The van der Waals surface area contributed by atoms with Crippen LogP contribution in [-0.4, -0.2) is 30.3 Å². The van der Waals surface area contributed by atoms with Crippen LogP contribution in [0.5, 0.6) is 0 Å². The van der Waals surface area contributed by atoms with Crippen LogP contribution in [0.2, 0.25) is 0 Å². The highest BCUT2D eigenvalue weighted by atomic mass is 32.1. The number of amides is 1. The molecule has 3 rings (SSSR count). The molecular weight excluding hydrogens is 324 g/mol. The summed E-state index contributed by atoms with van der Waals surface area (Å²) >= 11 is 1.31. The van der Waals surface area contributed by atoms with Gasteiger partial charge < -0.3 is 5.32 Å². The summed E-state index contributed by atoms with van der Waals surface area (Å²) in [6.45, 7) is 6.38. The number of hydrogen-bond donors (Lipinski definition) is 1. The van der Waals surface area contributed by atoms with Crippen LogP contribution in [0.15, 0.2) is 30.6 Å². The lowest BCUT2D eigenvalue weighted by molar-refractivity contribution is 0.0950. The average molecular weight is 342 g/mol. The van der Waals surface area contributed by atoms with E-state index in [-0.39, 0.29) is 11.8 Å². The summed E-state index contributed by atoms with van der Waals surface area (Å²) in [4.78, 5) is 17.7. The van der Waals surface area contributed by atoms with Gasteiger partial charge >= 0.3 is 0 Å². The van der Waals surface area contributed by atoms with Gasteiger partial charge in [0, 0.05) is 6.20 Å². The molecule has 124 valence electrons. The lowest BCUT2D eigenvalue weighted by Gasteiger charge is -2.07. The Morgan fingerprint density at radius 3 is 2.92 bits per heavy atom. The molecule has 1 amide bonds. The predicted octanol–water partition coefficient (Wildman–Crippen LogP) is 2.48. The summed E-state index contributed by atoms with van der Waals surface area (Å²) in [5.74, 6) is 0.796. The van der Waals surface area contributed by atoms with Crippen LogP contribution in [0.25, 0.3) is 5.82 Å². The number of pyridine rings is 1. The molecule has 0 spiro atoms. The lowest BCUT2D eigenvalue weighted by atomic mass is 10.1. The highest BCUT2D eigenvalue weighted by Crippen LogP contribution is 2.19. The van der Waals surface area contributed by atoms with Crippen LogP contribution in [0.1, 0.15) is 46.4 Å². The highest BCUT2D eigenvalue weighted by Gasteiger charge is 2.17. The summed E-state index contributed by atoms with van der Waals surface area (Å²) < 4.78 is 5.63. The first kappa shape index (κ1) is 16.3. The smallest absolute Gasteiger partial charge is 0.255 e. The van der Waals surface area contributed by atoms with Crippen LogP contribution in [0.3, 0.4) is 0 Å². The molecule has 7 nitrogen and oxygen atoms in total. The van der Waals surface area contributed by atoms with Gasteiger partial charge in [0.1, 0.15) is 0 Å². The average Bonchev–Trinajstić information content (AvgIpc) is 3.20. The first-order valence-corrected chi connectivity index (χ1v) is 8.40. The van der Waals surface area contributed by atoms with E-state index in [1.807, 2.05) is 25.1 Å². The molecule has 3 aromatic rings. The molecule has 1 N–H and O–H groups in total. The fourth-order valence-corrected chi connectivity index (χ4v) is 3.11. The van der Waals surface area contributed by atoms with Gasteiger partial charge in [-0.25, -0.2) is 9.67 Å². The molecule has 0 aromatic carbocycles. The van der Waals surface area contributed by atoms with E-state index < -0.39 is 0 Å². The van der Waals surface area contributed by atoms with Crippen LogP contribution >= 0.6 is 11.5 Å². The summed E-state index contributed by atoms with van der Waals surface area (Å²) in [6, 6.07) is 5.57. The zero-order valence-electron chi connectivity index (χ0n) is 13.7. The Balaban J connectivity index is 1.74. The molecule has 0 aliphatic rings. The molecule has 0 atom stereocenters. The fraction of sp³-hybridized carbons (Fsp3) is 0.312. The van der Waals surface area contributed by atoms with Gasteiger partial charge in [0.2, 0.25) is 0 Å². The van der Waals surface area contributed by atoms with E-state index in [9.17, 15) is 4.79 Å². The second-order valence-electron chi connectivity index (χ2n) is 5.66. The number of aromatic nitrogens is 5. The standard InChI is InChI=1S/C16H18N6OS/c1-10(2)15-13(24-21-20-15)9-18-16(23)12-8-19-22(11(12)3)14-6-4-5-7-17-14/h4-8,10H,9H2,1-3H3,(H,18,23). The van der Waals surface area contributed by atoms with Crippen LogP contribution in [0, 0.1) is 6.92 Å². The third kappa shape index (κ3) is 3.18. The first-order chi connectivity index (χ1) is 11.6. The number of hydrogen-bond acceptors (Lipinski definition) is 6. The highest BCUT2D eigenvalue weighted by molar-refractivity contribution is 7.05. The summed E-state index contributed by atoms with van der Waals surface area (Å²) in [6.07, 6.45) is 3.26. The summed E-state index contributed by atoms with van der Waals surface area (Å²) in [7, 11) is 0. The van der Waals surface area contributed by atoms with Crippen molar-refractivity contribution in [3.05, 3.63) is 52.4 Å². The van der Waals surface area contributed by atoms with Crippen molar-refractivity contribution in [1.29, 1.82) is 0 Å². The van der Waals surface area contributed by atoms with E-state index in [1.165, 1.54) is 11.5 Å². The first-order valence-electron chi connectivity index (χ1n) is 7.63. The van der Waals surface area contributed by atoms with Gasteiger partial charge in [0.05, 0.1) is 34.6 Å². The van der Waals surface area contributed by atoms with Gasteiger partial charge in [-0.15, -0.1) is 5.10 Å². The van der Waals surface area contributed by atoms with Crippen molar-refractivity contribution in [3.8, 4) is 5.82 Å². The zero-order valence-corrected chi connectivity index (χ0v) is 14.5. The minimum Gasteiger partial charge on any atom is -0.347 e.